The van der Waals surface area contributed by atoms with Gasteiger partial charge in [0.15, 0.2) is 0 Å². The molecule has 8 nitrogen and oxygen atoms in total. The van der Waals surface area contributed by atoms with E-state index < -0.39 is 15.9 Å². The van der Waals surface area contributed by atoms with Crippen molar-refractivity contribution in [2.75, 3.05) is 44.7 Å². The second kappa shape index (κ2) is 8.78. The summed E-state index contributed by atoms with van der Waals surface area (Å²) in [6.07, 6.45) is 0.128. The molecular formula is C20H22ClN3O5S2. The molecule has 1 aromatic carbocycles. The van der Waals surface area contributed by atoms with Gasteiger partial charge in [0, 0.05) is 39.1 Å². The first-order valence-electron chi connectivity index (χ1n) is 9.79. The summed E-state index contributed by atoms with van der Waals surface area (Å²) in [4.78, 5) is 28.9. The topological polar surface area (TPSA) is 87.2 Å². The number of para-hydroxylation sites is 2. The van der Waals surface area contributed by atoms with Crippen LogP contribution in [0, 0.1) is 5.92 Å². The largest absolute Gasteiger partial charge is 0.495 e. The summed E-state index contributed by atoms with van der Waals surface area (Å²) in [5.74, 6) is -0.131. The summed E-state index contributed by atoms with van der Waals surface area (Å²) in [7, 11) is -2.08. The number of piperazine rings is 1. The van der Waals surface area contributed by atoms with Crippen molar-refractivity contribution in [1.82, 2.24) is 9.21 Å². The van der Waals surface area contributed by atoms with Gasteiger partial charge in [0.25, 0.3) is 10.0 Å². The third-order valence-electron chi connectivity index (χ3n) is 5.54. The third-order valence-corrected chi connectivity index (χ3v) is 9.14. The number of nitrogens with zero attached hydrogens (tertiary/aromatic N) is 3. The number of anilines is 1. The van der Waals surface area contributed by atoms with Crippen molar-refractivity contribution in [3.05, 3.63) is 40.7 Å². The van der Waals surface area contributed by atoms with Crippen molar-refractivity contribution in [1.29, 1.82) is 0 Å². The predicted octanol–water partition coefficient (Wildman–Crippen LogP) is 2.30. The van der Waals surface area contributed by atoms with Crippen LogP contribution >= 0.6 is 22.9 Å². The number of thiophene rings is 1. The standard InChI is InChI=1S/C20H22ClN3O5S2/c1-29-16-5-3-2-4-15(16)24-13-14(12-18(24)25)20(26)22-8-10-23(11-9-22)31(27,28)19-7-6-17(21)30-19/h2-7,14H,8-13H2,1H3/t14-/m0/s1. The smallest absolute Gasteiger partial charge is 0.252 e. The van der Waals surface area contributed by atoms with Gasteiger partial charge in [0.2, 0.25) is 11.8 Å². The van der Waals surface area contributed by atoms with Crippen molar-refractivity contribution in [2.45, 2.75) is 10.6 Å². The van der Waals surface area contributed by atoms with Crippen molar-refractivity contribution >= 4 is 50.5 Å². The van der Waals surface area contributed by atoms with Gasteiger partial charge in [0.1, 0.15) is 9.96 Å². The number of amides is 2. The van der Waals surface area contributed by atoms with Crippen molar-refractivity contribution in [3.63, 3.8) is 0 Å². The maximum Gasteiger partial charge on any atom is 0.252 e. The predicted molar refractivity (Wildman–Crippen MR) is 118 cm³/mol. The average molecular weight is 484 g/mol. The lowest BCUT2D eigenvalue weighted by molar-refractivity contribution is -0.136. The van der Waals surface area contributed by atoms with Crippen LogP contribution in [0.3, 0.4) is 0 Å². The van der Waals surface area contributed by atoms with E-state index in [-0.39, 0.29) is 55.2 Å². The maximum atomic E-state index is 13.0. The average Bonchev–Trinajstić information content (AvgIpc) is 3.39. The van der Waals surface area contributed by atoms with E-state index in [1.165, 1.54) is 10.4 Å². The van der Waals surface area contributed by atoms with Gasteiger partial charge >= 0.3 is 0 Å². The number of halogens is 1. The van der Waals surface area contributed by atoms with E-state index in [9.17, 15) is 18.0 Å². The molecule has 2 fully saturated rings. The molecule has 2 saturated heterocycles. The first-order valence-corrected chi connectivity index (χ1v) is 12.4. The second-order valence-corrected chi connectivity index (χ2v) is 11.2. The molecule has 1 atom stereocenters. The summed E-state index contributed by atoms with van der Waals surface area (Å²) in [6, 6.07) is 10.3. The van der Waals surface area contributed by atoms with Crippen LogP contribution in [0.25, 0.3) is 0 Å². The number of benzene rings is 1. The molecule has 0 saturated carbocycles. The van der Waals surface area contributed by atoms with E-state index in [0.717, 1.165) is 11.3 Å². The van der Waals surface area contributed by atoms with Crippen LogP contribution < -0.4 is 9.64 Å². The van der Waals surface area contributed by atoms with Gasteiger partial charge in [-0.2, -0.15) is 4.31 Å². The molecule has 166 valence electrons. The molecule has 2 aliphatic rings. The van der Waals surface area contributed by atoms with Crippen LogP contribution in [0.1, 0.15) is 6.42 Å². The lowest BCUT2D eigenvalue weighted by Gasteiger charge is -2.35. The molecule has 0 unspecified atom stereocenters. The van der Waals surface area contributed by atoms with Crippen LogP contribution in [-0.4, -0.2) is 69.3 Å². The Morgan fingerprint density at radius 3 is 2.48 bits per heavy atom. The van der Waals surface area contributed by atoms with E-state index in [0.29, 0.717) is 15.8 Å². The van der Waals surface area contributed by atoms with Crippen LogP contribution in [-0.2, 0) is 19.6 Å². The highest BCUT2D eigenvalue weighted by atomic mass is 35.5. The molecule has 0 radical (unpaired) electrons. The minimum Gasteiger partial charge on any atom is -0.495 e. The summed E-state index contributed by atoms with van der Waals surface area (Å²) in [5, 5.41) is 0. The number of carbonyl (C=O) groups is 2. The quantitative estimate of drug-likeness (QED) is 0.651. The second-order valence-electron chi connectivity index (χ2n) is 7.37. The Hall–Kier alpha value is -2.14. The number of hydrogen-bond acceptors (Lipinski definition) is 6. The lowest BCUT2D eigenvalue weighted by Crippen LogP contribution is -2.52. The first kappa shape index (κ1) is 22.1. The zero-order chi connectivity index (χ0) is 22.2. The zero-order valence-corrected chi connectivity index (χ0v) is 19.3. The van der Waals surface area contributed by atoms with Gasteiger partial charge in [-0.15, -0.1) is 11.3 Å². The fourth-order valence-corrected chi connectivity index (χ4v) is 6.99. The van der Waals surface area contributed by atoms with Crippen LogP contribution in [0.4, 0.5) is 5.69 Å². The van der Waals surface area contributed by atoms with Gasteiger partial charge < -0.3 is 14.5 Å². The molecule has 31 heavy (non-hydrogen) atoms. The van der Waals surface area contributed by atoms with Gasteiger partial charge in [-0.25, -0.2) is 8.42 Å². The highest BCUT2D eigenvalue weighted by Crippen LogP contribution is 2.34. The molecule has 1 aromatic heterocycles. The van der Waals surface area contributed by atoms with Gasteiger partial charge in [-0.05, 0) is 24.3 Å². The van der Waals surface area contributed by atoms with E-state index in [2.05, 4.69) is 0 Å². The van der Waals surface area contributed by atoms with Crippen molar-refractivity contribution in [2.24, 2.45) is 5.92 Å². The Kier molecular flexibility index (Phi) is 6.25. The van der Waals surface area contributed by atoms with E-state index in [1.807, 2.05) is 12.1 Å². The molecule has 0 bridgehead atoms. The fraction of sp³-hybridized carbons (Fsp3) is 0.400. The van der Waals surface area contributed by atoms with Crippen molar-refractivity contribution in [3.8, 4) is 5.75 Å². The number of methoxy groups -OCH3 is 1. The molecule has 2 aromatic rings. The van der Waals surface area contributed by atoms with Crippen LogP contribution in [0.5, 0.6) is 5.75 Å². The molecule has 0 aliphatic carbocycles. The normalized spacial score (nSPS) is 20.3. The minimum absolute atomic E-state index is 0.123. The summed E-state index contributed by atoms with van der Waals surface area (Å²) < 4.78 is 32.8. The fourth-order valence-electron chi connectivity index (χ4n) is 3.93. The van der Waals surface area contributed by atoms with Crippen molar-refractivity contribution < 1.29 is 22.7 Å². The van der Waals surface area contributed by atoms with E-state index in [1.54, 1.807) is 35.1 Å². The van der Waals surface area contributed by atoms with Gasteiger partial charge in [0.05, 0.1) is 23.1 Å². The zero-order valence-electron chi connectivity index (χ0n) is 16.9. The SMILES string of the molecule is COc1ccccc1N1C[C@@H](C(=O)N2CCN(S(=O)(=O)c3ccc(Cl)s3)CC2)CC1=O. The molecule has 11 heteroatoms. The number of rotatable bonds is 5. The number of carbonyl (C=O) groups excluding carboxylic acids is 2. The van der Waals surface area contributed by atoms with Crippen LogP contribution in [0.2, 0.25) is 4.34 Å². The Morgan fingerprint density at radius 1 is 1.13 bits per heavy atom. The summed E-state index contributed by atoms with van der Waals surface area (Å²) >= 11 is 6.89. The Bertz CT molecular complexity index is 1100. The first-order chi connectivity index (χ1) is 14.8. The molecule has 0 spiro atoms. The summed E-state index contributed by atoms with van der Waals surface area (Å²) in [5.41, 5.74) is 0.649. The summed E-state index contributed by atoms with van der Waals surface area (Å²) in [6.45, 7) is 1.28. The monoisotopic (exact) mass is 483 g/mol. The highest BCUT2D eigenvalue weighted by Gasteiger charge is 2.39. The Morgan fingerprint density at radius 2 is 1.84 bits per heavy atom. The molecular weight excluding hydrogens is 462 g/mol. The van der Waals surface area contributed by atoms with E-state index >= 15 is 0 Å². The van der Waals surface area contributed by atoms with Gasteiger partial charge in [-0.1, -0.05) is 23.7 Å². The molecule has 3 heterocycles. The highest BCUT2D eigenvalue weighted by molar-refractivity contribution is 7.91. The number of sulfonamides is 1. The van der Waals surface area contributed by atoms with Gasteiger partial charge in [-0.3, -0.25) is 9.59 Å². The molecule has 4 rings (SSSR count). The maximum absolute atomic E-state index is 13.0. The lowest BCUT2D eigenvalue weighted by atomic mass is 10.1. The molecule has 2 amide bonds. The van der Waals surface area contributed by atoms with E-state index in [4.69, 9.17) is 16.3 Å². The molecule has 2 aliphatic heterocycles. The van der Waals surface area contributed by atoms with Crippen LogP contribution in [0.15, 0.2) is 40.6 Å². The third kappa shape index (κ3) is 4.30. The number of ether oxygens (including phenoxy) is 1. The molecule has 0 N–H and O–H groups in total. The minimum atomic E-state index is -3.62. The number of hydrogen-bond donors (Lipinski definition) is 0. The Balaban J connectivity index is 1.40. The Labute approximate surface area is 190 Å².